The molecule has 14 atom stereocenters. The van der Waals surface area contributed by atoms with Crippen LogP contribution in [0.5, 0.6) is 0 Å². The molecule has 0 aliphatic carbocycles. The van der Waals surface area contributed by atoms with Gasteiger partial charge in [-0.3, -0.25) is 0 Å². The monoisotopic (exact) mass is 504 g/mol. The quantitative estimate of drug-likeness (QED) is 0.117. The van der Waals surface area contributed by atoms with Crippen LogP contribution in [0.1, 0.15) is 0 Å². The van der Waals surface area contributed by atoms with Crippen LogP contribution in [-0.4, -0.2) is 168 Å². The van der Waals surface area contributed by atoms with E-state index in [1.807, 2.05) is 0 Å². The third-order valence-corrected chi connectivity index (χ3v) is 5.65. The Morgan fingerprint density at radius 2 is 1.29 bits per heavy atom. The minimum absolute atomic E-state index is 0.0795. The lowest BCUT2D eigenvalue weighted by Crippen LogP contribution is -2.65. The number of carbonyl (C=O) groups is 1. The lowest BCUT2D eigenvalue weighted by atomic mass is 9.97. The first-order chi connectivity index (χ1) is 16.0. The second-order valence-corrected chi connectivity index (χ2v) is 7.97. The van der Waals surface area contributed by atoms with E-state index in [0.717, 1.165) is 0 Å². The van der Waals surface area contributed by atoms with E-state index >= 15 is 0 Å². The Kier molecular flexibility index (Phi) is 11.1. The van der Waals surface area contributed by atoms with Gasteiger partial charge in [0.25, 0.3) is 0 Å². The van der Waals surface area contributed by atoms with Crippen LogP contribution in [0.3, 0.4) is 0 Å². The zero-order chi connectivity index (χ0) is 25.7. The molecule has 2 rings (SSSR count). The number of aliphatic hydroxyl groups is 11. The van der Waals surface area contributed by atoms with Gasteiger partial charge < -0.3 is 79.9 Å². The molecule has 0 radical (unpaired) electrons. The summed E-state index contributed by atoms with van der Waals surface area (Å²) in [6, 6.07) is 0. The van der Waals surface area contributed by atoms with Gasteiger partial charge >= 0.3 is 0 Å². The van der Waals surface area contributed by atoms with Gasteiger partial charge in [0.05, 0.1) is 19.8 Å². The van der Waals surface area contributed by atoms with Crippen LogP contribution in [0.2, 0.25) is 0 Å². The van der Waals surface area contributed by atoms with Crippen molar-refractivity contribution in [3.05, 3.63) is 0 Å². The van der Waals surface area contributed by atoms with Crippen LogP contribution >= 0.6 is 0 Å². The smallest absolute Gasteiger partial charge is 0.187 e. The molecule has 2 aliphatic heterocycles. The lowest BCUT2D eigenvalue weighted by Gasteiger charge is -2.47. The summed E-state index contributed by atoms with van der Waals surface area (Å²) in [5, 5.41) is 109. The highest BCUT2D eigenvalue weighted by Gasteiger charge is 2.52. The summed E-state index contributed by atoms with van der Waals surface area (Å²) in [6.07, 6.45) is -25.8. The number of hydrogen-bond donors (Lipinski definition) is 11. The zero-order valence-electron chi connectivity index (χ0n) is 17.7. The summed E-state index contributed by atoms with van der Waals surface area (Å²) in [5.74, 6) is 0. The summed E-state index contributed by atoms with van der Waals surface area (Å²) in [5.41, 5.74) is 0. The molecule has 0 aromatic carbocycles. The fraction of sp³-hybridized carbons (Fsp3) is 0.944. The molecule has 0 saturated carbocycles. The molecule has 0 unspecified atom stereocenters. The van der Waals surface area contributed by atoms with Crippen molar-refractivity contribution in [1.29, 1.82) is 0 Å². The molecule has 0 spiro atoms. The average Bonchev–Trinajstić information content (AvgIpc) is 2.84. The van der Waals surface area contributed by atoms with Crippen LogP contribution in [-0.2, 0) is 23.7 Å². The van der Waals surface area contributed by atoms with Gasteiger partial charge in [-0.1, -0.05) is 0 Å². The van der Waals surface area contributed by atoms with E-state index in [0.29, 0.717) is 0 Å². The summed E-state index contributed by atoms with van der Waals surface area (Å²) in [4.78, 5) is 10.8. The molecular formula is C18H32O16. The predicted molar refractivity (Wildman–Crippen MR) is 102 cm³/mol. The molecule has 2 aliphatic rings. The normalized spacial score (nSPS) is 42.6. The van der Waals surface area contributed by atoms with Crippen LogP contribution in [0.4, 0.5) is 0 Å². The SMILES string of the molecule is O=C[C@H](O)[C@@H](O)[C@H](O[C@H]1O[C@H](CO)[C@@H](O)[C@H](O)[C@H]1O[C@H]1O[C@H](CO)[C@@H](O)[C@H](O)[C@H]1O)[C@H](O)CO. The van der Waals surface area contributed by atoms with Gasteiger partial charge in [0.2, 0.25) is 0 Å². The van der Waals surface area contributed by atoms with E-state index in [1.165, 1.54) is 0 Å². The Morgan fingerprint density at radius 1 is 0.765 bits per heavy atom. The standard InChI is InChI=1S/C18H32O16/c19-1-5(23)9(25)15(6(24)2-20)33-18-16(13(29)11(27)8(4-22)32-18)34-17-14(30)12(28)10(26)7(3-21)31-17/h1,5-18,20-30H,2-4H2/t5-,6+,7+,8+,9+,10+,11+,12-,13-,14+,15+,16+,17+,18+/m0/s1. The lowest BCUT2D eigenvalue weighted by molar-refractivity contribution is -0.377. The van der Waals surface area contributed by atoms with E-state index in [2.05, 4.69) is 0 Å². The van der Waals surface area contributed by atoms with Gasteiger partial charge in [-0.05, 0) is 0 Å². The molecule has 2 saturated heterocycles. The molecule has 0 aromatic heterocycles. The van der Waals surface area contributed by atoms with Crippen molar-refractivity contribution in [3.8, 4) is 0 Å². The Bertz CT molecular complexity index is 623. The minimum atomic E-state index is -2.12. The highest BCUT2D eigenvalue weighted by molar-refractivity contribution is 5.56. The van der Waals surface area contributed by atoms with Crippen molar-refractivity contribution in [2.75, 3.05) is 19.8 Å². The topological polar surface area (TPSA) is 277 Å². The fourth-order valence-corrected chi connectivity index (χ4v) is 3.58. The Morgan fingerprint density at radius 3 is 1.79 bits per heavy atom. The van der Waals surface area contributed by atoms with Gasteiger partial charge in [0.1, 0.15) is 73.2 Å². The highest BCUT2D eigenvalue weighted by Crippen LogP contribution is 2.31. The molecule has 16 heteroatoms. The van der Waals surface area contributed by atoms with E-state index in [-0.39, 0.29) is 6.29 Å². The second-order valence-electron chi connectivity index (χ2n) is 7.97. The van der Waals surface area contributed by atoms with Crippen LogP contribution in [0.25, 0.3) is 0 Å². The summed E-state index contributed by atoms with van der Waals surface area (Å²) < 4.78 is 21.3. The third-order valence-electron chi connectivity index (χ3n) is 5.65. The number of hydrogen-bond acceptors (Lipinski definition) is 16. The van der Waals surface area contributed by atoms with Gasteiger partial charge in [-0.2, -0.15) is 0 Å². The molecule has 0 amide bonds. The van der Waals surface area contributed by atoms with E-state index in [1.54, 1.807) is 0 Å². The highest BCUT2D eigenvalue weighted by atomic mass is 16.8. The molecule has 34 heavy (non-hydrogen) atoms. The van der Waals surface area contributed by atoms with Gasteiger partial charge in [-0.15, -0.1) is 0 Å². The van der Waals surface area contributed by atoms with E-state index in [4.69, 9.17) is 18.9 Å². The maximum Gasteiger partial charge on any atom is 0.187 e. The van der Waals surface area contributed by atoms with Crippen molar-refractivity contribution in [1.82, 2.24) is 0 Å². The van der Waals surface area contributed by atoms with Crippen molar-refractivity contribution < 1.29 is 79.9 Å². The van der Waals surface area contributed by atoms with Gasteiger partial charge in [0.15, 0.2) is 18.9 Å². The van der Waals surface area contributed by atoms with Gasteiger partial charge in [-0.25, -0.2) is 0 Å². The number of carbonyl (C=O) groups excluding carboxylic acids is 1. The predicted octanol–water partition coefficient (Wildman–Crippen LogP) is -7.73. The molecule has 0 aromatic rings. The number of aldehydes is 1. The van der Waals surface area contributed by atoms with Gasteiger partial charge in [0, 0.05) is 0 Å². The maximum absolute atomic E-state index is 10.8. The largest absolute Gasteiger partial charge is 0.394 e. The Balaban J connectivity index is 2.33. The minimum Gasteiger partial charge on any atom is -0.394 e. The Labute approximate surface area is 192 Å². The molecule has 0 bridgehead atoms. The van der Waals surface area contributed by atoms with Crippen LogP contribution < -0.4 is 0 Å². The molecule has 2 fully saturated rings. The van der Waals surface area contributed by atoms with E-state index < -0.39 is 106 Å². The number of ether oxygens (including phenoxy) is 4. The summed E-state index contributed by atoms with van der Waals surface area (Å²) >= 11 is 0. The molecule has 2 heterocycles. The van der Waals surface area contributed by atoms with Crippen LogP contribution in [0.15, 0.2) is 0 Å². The molecular weight excluding hydrogens is 472 g/mol. The first-order valence-corrected chi connectivity index (χ1v) is 10.4. The van der Waals surface area contributed by atoms with Crippen molar-refractivity contribution >= 4 is 6.29 Å². The second kappa shape index (κ2) is 12.9. The first kappa shape index (κ1) is 29.3. The molecule has 200 valence electrons. The average molecular weight is 504 g/mol. The summed E-state index contributed by atoms with van der Waals surface area (Å²) in [6.45, 7) is -2.67. The van der Waals surface area contributed by atoms with Crippen LogP contribution in [0, 0.1) is 0 Å². The summed E-state index contributed by atoms with van der Waals surface area (Å²) in [7, 11) is 0. The Hall–Kier alpha value is -0.930. The van der Waals surface area contributed by atoms with Crippen molar-refractivity contribution in [3.63, 3.8) is 0 Å². The third kappa shape index (κ3) is 6.25. The number of rotatable bonds is 11. The molecule has 16 nitrogen and oxygen atoms in total. The first-order valence-electron chi connectivity index (χ1n) is 10.4. The zero-order valence-corrected chi connectivity index (χ0v) is 17.7. The van der Waals surface area contributed by atoms with Crippen molar-refractivity contribution in [2.24, 2.45) is 0 Å². The fourth-order valence-electron chi connectivity index (χ4n) is 3.58. The number of aliphatic hydroxyl groups excluding tert-OH is 11. The van der Waals surface area contributed by atoms with E-state index in [9.17, 15) is 61.0 Å². The molecule has 11 N–H and O–H groups in total. The van der Waals surface area contributed by atoms with Crippen molar-refractivity contribution in [2.45, 2.75) is 85.8 Å². The maximum atomic E-state index is 10.8.